The molecular weight excluding hydrogens is 120 g/mol. The van der Waals surface area contributed by atoms with Crippen LogP contribution in [-0.4, -0.2) is 0 Å². The van der Waals surface area contributed by atoms with Crippen LogP contribution < -0.4 is 0 Å². The molecule has 52 valence electrons. The number of allylic oxidation sites excluding steroid dienone is 2. The first-order chi connectivity index (χ1) is 4.81. The third-order valence-corrected chi connectivity index (χ3v) is 1.14. The van der Waals surface area contributed by atoms with Gasteiger partial charge in [-0.15, -0.1) is 0 Å². The fourth-order valence-electron chi connectivity index (χ4n) is 0.360. The summed E-state index contributed by atoms with van der Waals surface area (Å²) in [5, 5.41) is 0. The monoisotopic (exact) mass is 132 g/mol. The summed E-state index contributed by atoms with van der Waals surface area (Å²) in [4.78, 5) is 0. The van der Waals surface area contributed by atoms with E-state index in [0.29, 0.717) is 0 Å². The van der Waals surface area contributed by atoms with Gasteiger partial charge in [0.25, 0.3) is 0 Å². The van der Waals surface area contributed by atoms with Gasteiger partial charge in [-0.1, -0.05) is 24.3 Å². The fourth-order valence-corrected chi connectivity index (χ4v) is 0.360. The lowest BCUT2D eigenvalue weighted by Crippen LogP contribution is -1.66. The summed E-state index contributed by atoms with van der Waals surface area (Å²) in [6.45, 7) is 5.96. The normalized spacial score (nSPS) is 8.90. The number of rotatable bonds is 1. The van der Waals surface area contributed by atoms with Crippen LogP contribution in [0.15, 0.2) is 11.6 Å². The molecule has 0 aliphatic carbocycles. The average Bonchev–Trinajstić information content (AvgIpc) is 1.98. The molecule has 0 unspecified atom stereocenters. The Kier molecular flexibility index (Phi) is 5.30. The molecule has 0 saturated heterocycles. The lowest BCUT2D eigenvalue weighted by atomic mass is 10.2. The Morgan fingerprint density at radius 2 is 2.10 bits per heavy atom. The van der Waals surface area contributed by atoms with Crippen LogP contribution in [0.4, 0.5) is 0 Å². The van der Waals surface area contributed by atoms with E-state index in [1.807, 2.05) is 6.08 Å². The van der Waals surface area contributed by atoms with Crippen LogP contribution >= 0.6 is 0 Å². The van der Waals surface area contributed by atoms with E-state index in [4.69, 9.17) is 0 Å². The van der Waals surface area contributed by atoms with Crippen molar-refractivity contribution < 1.29 is 0 Å². The molecule has 0 amide bonds. The van der Waals surface area contributed by atoms with Gasteiger partial charge in [-0.05, 0) is 38.2 Å². The maximum absolute atomic E-state index is 2.85. The Bertz CT molecular complexity index is 222. The third-order valence-electron chi connectivity index (χ3n) is 1.14. The van der Waals surface area contributed by atoms with Gasteiger partial charge in [0.15, 0.2) is 0 Å². The first-order valence-electron chi connectivity index (χ1n) is 3.39. The molecule has 0 heterocycles. The quantitative estimate of drug-likeness (QED) is 0.480. The zero-order valence-corrected chi connectivity index (χ0v) is 6.78. The summed E-state index contributed by atoms with van der Waals surface area (Å²) in [5.74, 6) is 10.9. The molecule has 0 aromatic heterocycles. The van der Waals surface area contributed by atoms with Crippen LogP contribution in [0.2, 0.25) is 0 Å². The van der Waals surface area contributed by atoms with Gasteiger partial charge in [0.1, 0.15) is 0 Å². The highest BCUT2D eigenvalue weighted by Crippen LogP contribution is 1.94. The highest BCUT2D eigenvalue weighted by molar-refractivity contribution is 5.31. The van der Waals surface area contributed by atoms with Crippen molar-refractivity contribution in [2.75, 3.05) is 0 Å². The molecule has 0 aliphatic rings. The standard InChI is InChI=1S/C10H12/c1-4-6-7-8-9-10(3)5-2/h9H,5H2,1-3H3. The fraction of sp³-hybridized carbons (Fsp3) is 0.400. The van der Waals surface area contributed by atoms with Gasteiger partial charge in [-0.2, -0.15) is 0 Å². The summed E-state index contributed by atoms with van der Waals surface area (Å²) < 4.78 is 0. The second-order valence-electron chi connectivity index (χ2n) is 1.99. The molecule has 0 spiro atoms. The summed E-state index contributed by atoms with van der Waals surface area (Å²) in [6, 6.07) is 0. The van der Waals surface area contributed by atoms with Crippen molar-refractivity contribution in [1.29, 1.82) is 0 Å². The van der Waals surface area contributed by atoms with Crippen LogP contribution in [0, 0.1) is 23.7 Å². The molecule has 0 fully saturated rings. The second-order valence-corrected chi connectivity index (χ2v) is 1.99. The molecule has 0 aliphatic heterocycles. The van der Waals surface area contributed by atoms with E-state index < -0.39 is 0 Å². The molecule has 0 radical (unpaired) electrons. The van der Waals surface area contributed by atoms with Crippen LogP contribution in [0.1, 0.15) is 27.2 Å². The molecule has 0 aromatic rings. The van der Waals surface area contributed by atoms with Crippen LogP contribution in [-0.2, 0) is 0 Å². The second kappa shape index (κ2) is 5.99. The van der Waals surface area contributed by atoms with Crippen molar-refractivity contribution in [3.8, 4) is 23.7 Å². The predicted octanol–water partition coefficient (Wildman–Crippen LogP) is 2.37. The Morgan fingerprint density at radius 3 is 2.60 bits per heavy atom. The maximum Gasteiger partial charge on any atom is -0.00168 e. The van der Waals surface area contributed by atoms with Gasteiger partial charge >= 0.3 is 0 Å². The first-order valence-corrected chi connectivity index (χ1v) is 3.39. The van der Waals surface area contributed by atoms with Crippen molar-refractivity contribution in [2.24, 2.45) is 0 Å². The lowest BCUT2D eigenvalue weighted by molar-refractivity contribution is 1.10. The Balaban J connectivity index is 3.92. The maximum atomic E-state index is 2.85. The van der Waals surface area contributed by atoms with Crippen molar-refractivity contribution in [3.63, 3.8) is 0 Å². The molecule has 0 nitrogen and oxygen atoms in total. The molecule has 0 saturated carbocycles. The highest BCUT2D eigenvalue weighted by Gasteiger charge is 1.76. The molecule has 10 heavy (non-hydrogen) atoms. The van der Waals surface area contributed by atoms with Gasteiger partial charge in [-0.25, -0.2) is 0 Å². The van der Waals surface area contributed by atoms with Crippen molar-refractivity contribution >= 4 is 0 Å². The summed E-state index contributed by atoms with van der Waals surface area (Å²) in [6.07, 6.45) is 2.97. The summed E-state index contributed by atoms with van der Waals surface area (Å²) >= 11 is 0. The molecule has 0 atom stereocenters. The van der Waals surface area contributed by atoms with E-state index in [9.17, 15) is 0 Å². The lowest BCUT2D eigenvalue weighted by Gasteiger charge is -1.85. The Labute approximate surface area is 63.3 Å². The molecular formula is C10H12. The summed E-state index contributed by atoms with van der Waals surface area (Å²) in [5.41, 5.74) is 1.30. The van der Waals surface area contributed by atoms with Gasteiger partial charge in [0, 0.05) is 0 Å². The first kappa shape index (κ1) is 8.86. The largest absolute Gasteiger partial charge is 0.0925 e. The van der Waals surface area contributed by atoms with Gasteiger partial charge in [0.2, 0.25) is 0 Å². The van der Waals surface area contributed by atoms with Crippen molar-refractivity contribution in [1.82, 2.24) is 0 Å². The van der Waals surface area contributed by atoms with E-state index in [0.717, 1.165) is 6.42 Å². The van der Waals surface area contributed by atoms with E-state index in [1.165, 1.54) is 5.57 Å². The SMILES string of the molecule is CC#CC#CC=C(C)CC. The molecule has 0 aromatic carbocycles. The van der Waals surface area contributed by atoms with Crippen LogP contribution in [0.25, 0.3) is 0 Å². The van der Waals surface area contributed by atoms with Gasteiger partial charge < -0.3 is 0 Å². The number of hydrogen-bond acceptors (Lipinski definition) is 0. The predicted molar refractivity (Wildman–Crippen MR) is 45.3 cm³/mol. The van der Waals surface area contributed by atoms with Crippen LogP contribution in [0.3, 0.4) is 0 Å². The number of hydrogen-bond donors (Lipinski definition) is 0. The zero-order chi connectivity index (χ0) is 7.82. The average molecular weight is 132 g/mol. The Hall–Kier alpha value is -1.14. The van der Waals surface area contributed by atoms with E-state index in [-0.39, 0.29) is 0 Å². The van der Waals surface area contributed by atoms with E-state index in [2.05, 4.69) is 37.5 Å². The molecule has 0 bridgehead atoms. The molecule has 0 rings (SSSR count). The van der Waals surface area contributed by atoms with Crippen molar-refractivity contribution in [2.45, 2.75) is 27.2 Å². The minimum absolute atomic E-state index is 1.06. The minimum atomic E-state index is 1.06. The zero-order valence-electron chi connectivity index (χ0n) is 6.78. The van der Waals surface area contributed by atoms with E-state index in [1.54, 1.807) is 6.92 Å². The Morgan fingerprint density at radius 1 is 1.40 bits per heavy atom. The smallest absolute Gasteiger partial charge is 0.00168 e. The van der Waals surface area contributed by atoms with Crippen molar-refractivity contribution in [3.05, 3.63) is 11.6 Å². The van der Waals surface area contributed by atoms with Crippen LogP contribution in [0.5, 0.6) is 0 Å². The topological polar surface area (TPSA) is 0 Å². The van der Waals surface area contributed by atoms with Gasteiger partial charge in [-0.3, -0.25) is 0 Å². The molecule has 0 N–H and O–H groups in total. The van der Waals surface area contributed by atoms with Gasteiger partial charge in [0.05, 0.1) is 0 Å². The highest BCUT2D eigenvalue weighted by atomic mass is 13.8. The molecule has 0 heteroatoms. The van der Waals surface area contributed by atoms with E-state index >= 15 is 0 Å². The minimum Gasteiger partial charge on any atom is -0.0925 e. The third kappa shape index (κ3) is 5.01. The summed E-state index contributed by atoms with van der Waals surface area (Å²) in [7, 11) is 0.